The van der Waals surface area contributed by atoms with Crippen LogP contribution in [0, 0.1) is 5.92 Å². The molecule has 5 nitrogen and oxygen atoms in total. The quantitative estimate of drug-likeness (QED) is 0.859. The number of hydrogen-bond acceptors (Lipinski definition) is 3. The summed E-state index contributed by atoms with van der Waals surface area (Å²) in [5.74, 6) is 0.370. The summed E-state index contributed by atoms with van der Waals surface area (Å²) < 4.78 is 1.59. The third kappa shape index (κ3) is 3.72. The Morgan fingerprint density at radius 1 is 1.42 bits per heavy atom. The maximum atomic E-state index is 12.6. The van der Waals surface area contributed by atoms with E-state index in [0.29, 0.717) is 17.3 Å². The molecule has 0 saturated carbocycles. The minimum Gasteiger partial charge on any atom is -0.396 e. The fourth-order valence-corrected chi connectivity index (χ4v) is 2.33. The first kappa shape index (κ1) is 15.5. The molecule has 1 aromatic heterocycles. The number of aryl methyl sites for hydroxylation is 1. The molecule has 0 fully saturated rings. The van der Waals surface area contributed by atoms with Crippen molar-refractivity contribution in [2.45, 2.75) is 46.6 Å². The maximum Gasteiger partial charge on any atom is 0.276 e. The lowest BCUT2D eigenvalue weighted by atomic mass is 10.1. The number of nitrogen functional groups attached to an aromatic ring is 1. The van der Waals surface area contributed by atoms with Crippen LogP contribution in [-0.4, -0.2) is 33.2 Å². The van der Waals surface area contributed by atoms with Crippen molar-refractivity contribution >= 4 is 11.6 Å². The first-order chi connectivity index (χ1) is 8.90. The Hall–Kier alpha value is -1.52. The Bertz CT molecular complexity index is 421. The molecule has 0 saturated heterocycles. The van der Waals surface area contributed by atoms with Gasteiger partial charge in [-0.15, -0.1) is 0 Å². The van der Waals surface area contributed by atoms with Crippen LogP contribution in [0.4, 0.5) is 5.69 Å². The van der Waals surface area contributed by atoms with E-state index < -0.39 is 0 Å². The fourth-order valence-electron chi connectivity index (χ4n) is 2.33. The number of carbonyl (C=O) groups is 1. The Morgan fingerprint density at radius 3 is 2.37 bits per heavy atom. The second kappa shape index (κ2) is 6.59. The highest BCUT2D eigenvalue weighted by atomic mass is 16.2. The number of anilines is 1. The van der Waals surface area contributed by atoms with Gasteiger partial charge >= 0.3 is 0 Å². The standard InChI is InChI=1S/C14H26N4O/c1-6-11(7-2)18(8-10(3)4)14(19)13-12(15)9-17(5)16-13/h9-11H,6-8,15H2,1-5H3. The highest BCUT2D eigenvalue weighted by molar-refractivity contribution is 5.97. The average Bonchev–Trinajstić information content (AvgIpc) is 2.67. The van der Waals surface area contributed by atoms with Gasteiger partial charge in [0.25, 0.3) is 5.91 Å². The third-order valence-electron chi connectivity index (χ3n) is 3.27. The van der Waals surface area contributed by atoms with Crippen molar-refractivity contribution in [3.8, 4) is 0 Å². The summed E-state index contributed by atoms with van der Waals surface area (Å²) in [5, 5.41) is 4.19. The van der Waals surface area contributed by atoms with Crippen molar-refractivity contribution in [2.75, 3.05) is 12.3 Å². The summed E-state index contributed by atoms with van der Waals surface area (Å²) in [6.07, 6.45) is 3.57. The summed E-state index contributed by atoms with van der Waals surface area (Å²) >= 11 is 0. The van der Waals surface area contributed by atoms with Gasteiger partial charge < -0.3 is 10.6 Å². The van der Waals surface area contributed by atoms with Gasteiger partial charge in [0.15, 0.2) is 5.69 Å². The summed E-state index contributed by atoms with van der Waals surface area (Å²) in [6.45, 7) is 9.18. The van der Waals surface area contributed by atoms with Crippen LogP contribution in [0.3, 0.4) is 0 Å². The monoisotopic (exact) mass is 266 g/mol. The van der Waals surface area contributed by atoms with Gasteiger partial charge in [0.1, 0.15) is 0 Å². The highest BCUT2D eigenvalue weighted by Gasteiger charge is 2.26. The van der Waals surface area contributed by atoms with Crippen LogP contribution in [0.5, 0.6) is 0 Å². The zero-order chi connectivity index (χ0) is 14.6. The lowest BCUT2D eigenvalue weighted by molar-refractivity contribution is 0.0634. The first-order valence-corrected chi connectivity index (χ1v) is 7.00. The molecule has 1 aromatic rings. The number of nitrogens with zero attached hydrogens (tertiary/aromatic N) is 3. The number of hydrogen-bond donors (Lipinski definition) is 1. The van der Waals surface area contributed by atoms with E-state index in [2.05, 4.69) is 32.8 Å². The number of carbonyl (C=O) groups excluding carboxylic acids is 1. The van der Waals surface area contributed by atoms with Crippen molar-refractivity contribution in [3.63, 3.8) is 0 Å². The molecule has 19 heavy (non-hydrogen) atoms. The Labute approximate surface area is 115 Å². The van der Waals surface area contributed by atoms with E-state index in [1.807, 2.05) is 4.90 Å². The van der Waals surface area contributed by atoms with E-state index in [1.54, 1.807) is 17.9 Å². The van der Waals surface area contributed by atoms with Crippen molar-refractivity contribution in [3.05, 3.63) is 11.9 Å². The molecule has 0 radical (unpaired) electrons. The normalized spacial score (nSPS) is 11.3. The number of nitrogens with two attached hydrogens (primary N) is 1. The van der Waals surface area contributed by atoms with Crippen LogP contribution >= 0.6 is 0 Å². The second-order valence-corrected chi connectivity index (χ2v) is 5.43. The lowest BCUT2D eigenvalue weighted by Crippen LogP contribution is -2.42. The zero-order valence-electron chi connectivity index (χ0n) is 12.7. The number of aromatic nitrogens is 2. The van der Waals surface area contributed by atoms with Crippen LogP contribution in [0.25, 0.3) is 0 Å². The van der Waals surface area contributed by atoms with Gasteiger partial charge in [-0.1, -0.05) is 27.7 Å². The van der Waals surface area contributed by atoms with Gasteiger partial charge in [-0.2, -0.15) is 5.10 Å². The largest absolute Gasteiger partial charge is 0.396 e. The van der Waals surface area contributed by atoms with E-state index in [1.165, 1.54) is 0 Å². The van der Waals surface area contributed by atoms with Crippen LogP contribution in [0.15, 0.2) is 6.20 Å². The Morgan fingerprint density at radius 2 is 2.00 bits per heavy atom. The minimum atomic E-state index is -0.0551. The molecule has 0 spiro atoms. The average molecular weight is 266 g/mol. The van der Waals surface area contributed by atoms with Crippen LogP contribution in [-0.2, 0) is 7.05 Å². The molecule has 2 N–H and O–H groups in total. The molecule has 0 unspecified atom stereocenters. The predicted octanol–water partition coefficient (Wildman–Crippen LogP) is 2.29. The van der Waals surface area contributed by atoms with E-state index in [-0.39, 0.29) is 11.9 Å². The fraction of sp³-hybridized carbons (Fsp3) is 0.714. The summed E-state index contributed by atoms with van der Waals surface area (Å²) in [7, 11) is 1.77. The van der Waals surface area contributed by atoms with Gasteiger partial charge in [0, 0.05) is 25.8 Å². The van der Waals surface area contributed by atoms with Crippen LogP contribution in [0.2, 0.25) is 0 Å². The first-order valence-electron chi connectivity index (χ1n) is 7.00. The molecule has 0 bridgehead atoms. The molecule has 108 valence electrons. The topological polar surface area (TPSA) is 64.2 Å². The van der Waals surface area contributed by atoms with Crippen LogP contribution in [0.1, 0.15) is 51.0 Å². The van der Waals surface area contributed by atoms with Gasteiger partial charge in [0.05, 0.1) is 5.69 Å². The molecule has 0 atom stereocenters. The third-order valence-corrected chi connectivity index (χ3v) is 3.27. The van der Waals surface area contributed by atoms with E-state index in [9.17, 15) is 4.79 Å². The molecule has 0 aromatic carbocycles. The second-order valence-electron chi connectivity index (χ2n) is 5.43. The van der Waals surface area contributed by atoms with Crippen molar-refractivity contribution in [1.29, 1.82) is 0 Å². The smallest absolute Gasteiger partial charge is 0.276 e. The van der Waals surface area contributed by atoms with Gasteiger partial charge in [-0.3, -0.25) is 9.48 Å². The van der Waals surface area contributed by atoms with Gasteiger partial charge in [-0.25, -0.2) is 0 Å². The molecule has 1 rings (SSSR count). The Kier molecular flexibility index (Phi) is 5.39. The molecule has 1 heterocycles. The summed E-state index contributed by atoms with van der Waals surface area (Å²) in [4.78, 5) is 14.6. The zero-order valence-corrected chi connectivity index (χ0v) is 12.7. The molecular weight excluding hydrogens is 240 g/mol. The molecule has 0 aliphatic heterocycles. The maximum absolute atomic E-state index is 12.6. The van der Waals surface area contributed by atoms with Crippen molar-refractivity contribution in [2.24, 2.45) is 13.0 Å². The molecule has 5 heteroatoms. The predicted molar refractivity (Wildman–Crippen MR) is 77.9 cm³/mol. The lowest BCUT2D eigenvalue weighted by Gasteiger charge is -2.31. The molecule has 1 amide bonds. The summed E-state index contributed by atoms with van der Waals surface area (Å²) in [5.41, 5.74) is 6.68. The number of rotatable bonds is 6. The van der Waals surface area contributed by atoms with Crippen molar-refractivity contribution < 1.29 is 4.79 Å². The van der Waals surface area contributed by atoms with Gasteiger partial charge in [0.2, 0.25) is 0 Å². The van der Waals surface area contributed by atoms with Gasteiger partial charge in [-0.05, 0) is 18.8 Å². The summed E-state index contributed by atoms with van der Waals surface area (Å²) in [6, 6.07) is 0.247. The highest BCUT2D eigenvalue weighted by Crippen LogP contribution is 2.18. The van der Waals surface area contributed by atoms with Crippen LogP contribution < -0.4 is 5.73 Å². The Balaban J connectivity index is 3.03. The molecule has 0 aliphatic carbocycles. The minimum absolute atomic E-state index is 0.0551. The molecular formula is C14H26N4O. The number of amides is 1. The SMILES string of the molecule is CCC(CC)N(CC(C)C)C(=O)c1nn(C)cc1N. The van der Waals surface area contributed by atoms with E-state index in [4.69, 9.17) is 5.73 Å². The van der Waals surface area contributed by atoms with E-state index >= 15 is 0 Å². The molecule has 0 aliphatic rings. The van der Waals surface area contributed by atoms with Crippen molar-refractivity contribution in [1.82, 2.24) is 14.7 Å². The van der Waals surface area contributed by atoms with E-state index in [0.717, 1.165) is 19.4 Å².